The molecule has 0 aromatic heterocycles. The van der Waals surface area contributed by atoms with Gasteiger partial charge >= 0.3 is 0 Å². The van der Waals surface area contributed by atoms with Crippen LogP contribution in [0.5, 0.6) is 0 Å². The first-order valence-corrected chi connectivity index (χ1v) is 4.08. The predicted molar refractivity (Wildman–Crippen MR) is 48.4 cm³/mol. The van der Waals surface area contributed by atoms with E-state index in [9.17, 15) is 0 Å². The maximum atomic E-state index is 2.33. The van der Waals surface area contributed by atoms with Gasteiger partial charge in [0, 0.05) is 0 Å². The van der Waals surface area contributed by atoms with Crippen molar-refractivity contribution in [3.63, 3.8) is 0 Å². The van der Waals surface area contributed by atoms with Crippen LogP contribution in [0.1, 0.15) is 0 Å². The molecule has 1 heterocycles. The lowest BCUT2D eigenvalue weighted by molar-refractivity contribution is 0.221. The van der Waals surface area contributed by atoms with Crippen molar-refractivity contribution in [3.8, 4) is 0 Å². The molecule has 0 spiro atoms. The van der Waals surface area contributed by atoms with E-state index in [-0.39, 0.29) is 0 Å². The molecule has 0 unspecified atom stereocenters. The van der Waals surface area contributed by atoms with Crippen LogP contribution in [0.3, 0.4) is 0 Å². The summed E-state index contributed by atoms with van der Waals surface area (Å²) in [6.07, 6.45) is 2.67. The van der Waals surface area contributed by atoms with Crippen LogP contribution in [0.25, 0.3) is 0 Å². The number of nitrogens with zero attached hydrogens (tertiary/aromatic N) is 2. The van der Waals surface area contributed by atoms with Crippen molar-refractivity contribution in [2.24, 2.45) is 0 Å². The van der Waals surface area contributed by atoms with Crippen LogP contribution in [0.2, 0.25) is 26.3 Å². The van der Waals surface area contributed by atoms with Crippen molar-refractivity contribution in [2.45, 2.75) is 26.3 Å². The van der Waals surface area contributed by atoms with Crippen molar-refractivity contribution < 1.29 is 0 Å². The summed E-state index contributed by atoms with van der Waals surface area (Å²) in [5.41, 5.74) is 0. The lowest BCUT2D eigenvalue weighted by atomic mass is 9.46. The molecular weight excluding hydrogens is 122 g/mol. The minimum atomic E-state index is 0.723. The maximum Gasteiger partial charge on any atom is 0.235 e. The highest BCUT2D eigenvalue weighted by molar-refractivity contribution is 6.63. The molecule has 4 heteroatoms. The molecule has 2 nitrogen and oxygen atoms in total. The number of hydrazine groups is 1. The Labute approximate surface area is 64.7 Å². The lowest BCUT2D eigenvalue weighted by Crippen LogP contribution is -2.55. The van der Waals surface area contributed by atoms with Gasteiger partial charge in [-0.25, -0.2) is 0 Å². The summed E-state index contributed by atoms with van der Waals surface area (Å²) in [6, 6.07) is 0. The van der Waals surface area contributed by atoms with Gasteiger partial charge in [-0.15, -0.1) is 0 Å². The average Bonchev–Trinajstić information content (AvgIpc) is 1.93. The van der Waals surface area contributed by atoms with E-state index in [1.165, 1.54) is 12.6 Å². The predicted octanol–water partition coefficient (Wildman–Crippen LogP) is 1.02. The van der Waals surface area contributed by atoms with Crippen molar-refractivity contribution in [3.05, 3.63) is 0 Å². The zero-order chi connectivity index (χ0) is 7.72. The van der Waals surface area contributed by atoms with Crippen LogP contribution in [-0.4, -0.2) is 37.6 Å². The van der Waals surface area contributed by atoms with Crippen molar-refractivity contribution >= 4 is 13.7 Å². The summed E-state index contributed by atoms with van der Waals surface area (Å²) in [6.45, 7) is 6.01. The summed E-state index contributed by atoms with van der Waals surface area (Å²) < 4.78 is 0. The normalized spacial score (nSPS) is 24.0. The van der Waals surface area contributed by atoms with Gasteiger partial charge in [0.05, 0.1) is 0 Å². The highest BCUT2D eigenvalue weighted by atomic mass is 15.5. The van der Waals surface area contributed by atoms with E-state index in [4.69, 9.17) is 0 Å². The van der Waals surface area contributed by atoms with Gasteiger partial charge in [-0.2, -0.15) is 0 Å². The fraction of sp³-hybridized carbons (Fsp3) is 1.00. The van der Waals surface area contributed by atoms with Gasteiger partial charge in [-0.3, -0.25) is 9.84 Å². The van der Waals surface area contributed by atoms with Crippen LogP contribution < -0.4 is 0 Å². The monoisotopic (exact) mass is 138 g/mol. The Kier molecular flexibility index (Phi) is 2.42. The largest absolute Gasteiger partial charge is 0.295 e. The standard InChI is InChI=1S/C6H16B2N2/c1-7-5-6-8(2)10(4)9(7)3/h5-6H2,1-4H3. The van der Waals surface area contributed by atoms with Gasteiger partial charge in [0.25, 0.3) is 0 Å². The highest BCUT2D eigenvalue weighted by Gasteiger charge is 2.29. The number of hydrogen-bond acceptors (Lipinski definition) is 2. The molecule has 0 N–H and O–H groups in total. The Morgan fingerprint density at radius 2 is 1.20 bits per heavy atom. The molecule has 1 saturated heterocycles. The Balaban J connectivity index is 2.52. The second-order valence-corrected chi connectivity index (χ2v) is 3.42. The van der Waals surface area contributed by atoms with Crippen LogP contribution in [0.15, 0.2) is 0 Å². The molecule has 10 heavy (non-hydrogen) atoms. The third kappa shape index (κ3) is 1.38. The highest BCUT2D eigenvalue weighted by Crippen LogP contribution is 2.16. The maximum absolute atomic E-state index is 2.33. The molecule has 0 aromatic carbocycles. The third-order valence-corrected chi connectivity index (χ3v) is 2.78. The van der Waals surface area contributed by atoms with Crippen molar-refractivity contribution in [2.75, 3.05) is 14.1 Å². The molecule has 1 aliphatic heterocycles. The number of rotatable bonds is 0. The molecule has 1 aliphatic rings. The molecule has 0 radical (unpaired) electrons. The molecule has 1 rings (SSSR count). The van der Waals surface area contributed by atoms with Gasteiger partial charge in [-0.05, 0) is 14.1 Å². The topological polar surface area (TPSA) is 6.48 Å². The van der Waals surface area contributed by atoms with Crippen molar-refractivity contribution in [1.29, 1.82) is 0 Å². The van der Waals surface area contributed by atoms with Gasteiger partial charge in [0.2, 0.25) is 13.7 Å². The molecule has 0 aliphatic carbocycles. The minimum Gasteiger partial charge on any atom is -0.295 e. The van der Waals surface area contributed by atoms with E-state index in [2.05, 4.69) is 37.6 Å². The summed E-state index contributed by atoms with van der Waals surface area (Å²) in [5.74, 6) is 0. The molecule has 0 bridgehead atoms. The molecule has 1 fully saturated rings. The van der Waals surface area contributed by atoms with E-state index in [0.29, 0.717) is 0 Å². The Hall–Kier alpha value is 0.0499. The zero-order valence-corrected chi connectivity index (χ0v) is 7.46. The lowest BCUT2D eigenvalue weighted by Gasteiger charge is -2.40. The summed E-state index contributed by atoms with van der Waals surface area (Å²) in [7, 11) is 4.33. The Bertz CT molecular complexity index is 106. The fourth-order valence-electron chi connectivity index (χ4n) is 1.48. The average molecular weight is 138 g/mol. The van der Waals surface area contributed by atoms with E-state index in [0.717, 1.165) is 13.7 Å². The van der Waals surface area contributed by atoms with Gasteiger partial charge < -0.3 is 0 Å². The van der Waals surface area contributed by atoms with Crippen LogP contribution >= 0.6 is 0 Å². The first-order valence-electron chi connectivity index (χ1n) is 4.08. The first kappa shape index (κ1) is 8.15. The molecule has 0 atom stereocenters. The van der Waals surface area contributed by atoms with Gasteiger partial charge in [-0.1, -0.05) is 26.3 Å². The first-order chi connectivity index (χ1) is 4.63. The van der Waals surface area contributed by atoms with E-state index in [1.807, 2.05) is 0 Å². The molecule has 56 valence electrons. The molecule has 0 amide bonds. The summed E-state index contributed by atoms with van der Waals surface area (Å²) >= 11 is 0. The smallest absolute Gasteiger partial charge is 0.235 e. The van der Waals surface area contributed by atoms with Crippen LogP contribution in [-0.2, 0) is 0 Å². The Morgan fingerprint density at radius 3 is 1.50 bits per heavy atom. The molecule has 0 aromatic rings. The minimum absolute atomic E-state index is 0.723. The van der Waals surface area contributed by atoms with E-state index < -0.39 is 0 Å². The van der Waals surface area contributed by atoms with Crippen LogP contribution in [0.4, 0.5) is 0 Å². The Morgan fingerprint density at radius 1 is 0.900 bits per heavy atom. The summed E-state index contributed by atoms with van der Waals surface area (Å²) in [5, 5.41) is 0. The molecular formula is C6H16B2N2. The second-order valence-electron chi connectivity index (χ2n) is 3.42. The second kappa shape index (κ2) is 2.97. The van der Waals surface area contributed by atoms with Gasteiger partial charge in [0.1, 0.15) is 0 Å². The zero-order valence-electron chi connectivity index (χ0n) is 7.46. The van der Waals surface area contributed by atoms with Crippen molar-refractivity contribution in [1.82, 2.24) is 9.84 Å². The quantitative estimate of drug-likeness (QED) is 0.461. The summed E-state index contributed by atoms with van der Waals surface area (Å²) in [4.78, 5) is 4.66. The third-order valence-electron chi connectivity index (χ3n) is 2.78. The van der Waals surface area contributed by atoms with E-state index >= 15 is 0 Å². The molecule has 0 saturated carbocycles. The van der Waals surface area contributed by atoms with E-state index in [1.54, 1.807) is 0 Å². The van der Waals surface area contributed by atoms with Gasteiger partial charge in [0.15, 0.2) is 0 Å². The SMILES string of the molecule is CB1CCB(C)N(C)N1C. The van der Waals surface area contributed by atoms with Crippen LogP contribution in [0, 0.1) is 0 Å². The number of hydrogen-bond donors (Lipinski definition) is 0. The fourth-order valence-corrected chi connectivity index (χ4v) is 1.48.